The van der Waals surface area contributed by atoms with Crippen LogP contribution in [0.4, 0.5) is 4.79 Å². The molecule has 1 aliphatic heterocycles. The summed E-state index contributed by atoms with van der Waals surface area (Å²) in [6.45, 7) is 7.63. The molecule has 2 amide bonds. The Bertz CT molecular complexity index is 336. The maximum atomic E-state index is 11.7. The second kappa shape index (κ2) is 9.60. The number of hydrogen-bond acceptors (Lipinski definition) is 3. The number of aliphatic carboxylic acids is 1. The highest BCUT2D eigenvalue weighted by Crippen LogP contribution is 2.15. The lowest BCUT2D eigenvalue weighted by Crippen LogP contribution is -2.44. The number of likely N-dealkylation sites (N-methyl/N-ethyl adjacent to an activating group) is 1. The third-order valence-corrected chi connectivity index (χ3v) is 4.18. The van der Waals surface area contributed by atoms with E-state index in [0.29, 0.717) is 31.5 Å². The Kier molecular flexibility index (Phi) is 8.12. The Morgan fingerprint density at radius 1 is 1.33 bits per heavy atom. The Morgan fingerprint density at radius 2 is 2.10 bits per heavy atom. The molecule has 0 saturated carbocycles. The fourth-order valence-electron chi connectivity index (χ4n) is 2.76. The number of rotatable bonds is 9. The summed E-state index contributed by atoms with van der Waals surface area (Å²) in [4.78, 5) is 24.6. The number of urea groups is 1. The van der Waals surface area contributed by atoms with E-state index in [9.17, 15) is 9.59 Å². The van der Waals surface area contributed by atoms with Crippen LogP contribution in [0.3, 0.4) is 0 Å². The van der Waals surface area contributed by atoms with E-state index in [-0.39, 0.29) is 12.5 Å². The van der Waals surface area contributed by atoms with Gasteiger partial charge in [0.1, 0.15) is 0 Å². The average Bonchev–Trinajstić information content (AvgIpc) is 2.90. The zero-order valence-electron chi connectivity index (χ0n) is 13.2. The molecule has 6 nitrogen and oxygen atoms in total. The highest BCUT2D eigenvalue weighted by Gasteiger charge is 2.22. The first-order valence-electron chi connectivity index (χ1n) is 8.00. The summed E-state index contributed by atoms with van der Waals surface area (Å²) in [6.07, 6.45) is 4.03. The van der Waals surface area contributed by atoms with E-state index in [1.807, 2.05) is 6.92 Å². The molecule has 0 aliphatic carbocycles. The van der Waals surface area contributed by atoms with E-state index in [4.69, 9.17) is 5.11 Å². The van der Waals surface area contributed by atoms with E-state index in [1.54, 1.807) is 0 Å². The van der Waals surface area contributed by atoms with Gasteiger partial charge in [-0.15, -0.1) is 0 Å². The van der Waals surface area contributed by atoms with Gasteiger partial charge in [-0.05, 0) is 44.7 Å². The molecule has 1 heterocycles. The second-order valence-electron chi connectivity index (χ2n) is 5.89. The van der Waals surface area contributed by atoms with Crippen LogP contribution in [0, 0.1) is 5.92 Å². The smallest absolute Gasteiger partial charge is 0.314 e. The summed E-state index contributed by atoms with van der Waals surface area (Å²) >= 11 is 0. The van der Waals surface area contributed by atoms with Gasteiger partial charge in [0, 0.05) is 25.6 Å². The number of carboxylic acids is 1. The van der Waals surface area contributed by atoms with Crippen molar-refractivity contribution in [2.75, 3.05) is 26.2 Å². The molecule has 1 saturated heterocycles. The maximum absolute atomic E-state index is 11.7. The predicted molar refractivity (Wildman–Crippen MR) is 82.3 cm³/mol. The van der Waals surface area contributed by atoms with Gasteiger partial charge in [0.15, 0.2) is 0 Å². The second-order valence-corrected chi connectivity index (χ2v) is 5.89. The quantitative estimate of drug-likeness (QED) is 0.605. The van der Waals surface area contributed by atoms with Crippen LogP contribution in [0.2, 0.25) is 0 Å². The van der Waals surface area contributed by atoms with Crippen molar-refractivity contribution in [3.05, 3.63) is 0 Å². The molecular formula is C15H29N3O3. The van der Waals surface area contributed by atoms with Gasteiger partial charge in [-0.2, -0.15) is 0 Å². The first kappa shape index (κ1) is 17.8. The average molecular weight is 299 g/mol. The van der Waals surface area contributed by atoms with E-state index in [0.717, 1.165) is 25.9 Å². The fourth-order valence-corrected chi connectivity index (χ4v) is 2.76. The third kappa shape index (κ3) is 7.32. The topological polar surface area (TPSA) is 81.7 Å². The zero-order valence-corrected chi connectivity index (χ0v) is 13.2. The Hall–Kier alpha value is -1.30. The van der Waals surface area contributed by atoms with Gasteiger partial charge in [0.25, 0.3) is 0 Å². The van der Waals surface area contributed by atoms with E-state index in [2.05, 4.69) is 22.5 Å². The highest BCUT2D eigenvalue weighted by atomic mass is 16.4. The fraction of sp³-hybridized carbons (Fsp3) is 0.867. The lowest BCUT2D eigenvalue weighted by atomic mass is 10.0. The maximum Gasteiger partial charge on any atom is 0.314 e. The van der Waals surface area contributed by atoms with Gasteiger partial charge in [-0.3, -0.25) is 9.69 Å². The molecule has 0 aromatic carbocycles. The summed E-state index contributed by atoms with van der Waals surface area (Å²) in [5.74, 6) is -0.448. The molecule has 0 bridgehead atoms. The van der Waals surface area contributed by atoms with Gasteiger partial charge >= 0.3 is 12.0 Å². The van der Waals surface area contributed by atoms with Gasteiger partial charge in [0.2, 0.25) is 0 Å². The molecule has 6 heteroatoms. The van der Waals surface area contributed by atoms with Crippen molar-refractivity contribution in [1.82, 2.24) is 15.5 Å². The highest BCUT2D eigenvalue weighted by molar-refractivity contribution is 5.73. The van der Waals surface area contributed by atoms with Crippen LogP contribution in [0.5, 0.6) is 0 Å². The Morgan fingerprint density at radius 3 is 2.76 bits per heavy atom. The van der Waals surface area contributed by atoms with Gasteiger partial charge in [0.05, 0.1) is 0 Å². The van der Waals surface area contributed by atoms with E-state index < -0.39 is 5.97 Å². The van der Waals surface area contributed by atoms with Crippen molar-refractivity contribution < 1.29 is 14.7 Å². The van der Waals surface area contributed by atoms with Crippen molar-refractivity contribution in [2.45, 2.75) is 52.0 Å². The van der Waals surface area contributed by atoms with Crippen molar-refractivity contribution in [3.8, 4) is 0 Å². The summed E-state index contributed by atoms with van der Waals surface area (Å²) < 4.78 is 0. The first-order chi connectivity index (χ1) is 10.0. The van der Waals surface area contributed by atoms with E-state index in [1.165, 1.54) is 6.42 Å². The number of carbonyl (C=O) groups excluding carboxylic acids is 1. The number of carbonyl (C=O) groups is 2. The van der Waals surface area contributed by atoms with Crippen molar-refractivity contribution in [2.24, 2.45) is 5.92 Å². The zero-order chi connectivity index (χ0) is 15.7. The summed E-state index contributed by atoms with van der Waals surface area (Å²) in [6, 6.07) is 0.346. The van der Waals surface area contributed by atoms with Crippen LogP contribution in [-0.4, -0.2) is 54.2 Å². The molecule has 0 aromatic rings. The molecule has 122 valence electrons. The van der Waals surface area contributed by atoms with Gasteiger partial charge < -0.3 is 15.7 Å². The van der Waals surface area contributed by atoms with Crippen LogP contribution in [0.1, 0.15) is 46.0 Å². The molecule has 2 unspecified atom stereocenters. The molecule has 21 heavy (non-hydrogen) atoms. The monoisotopic (exact) mass is 299 g/mol. The first-order valence-corrected chi connectivity index (χ1v) is 8.00. The minimum atomic E-state index is -0.760. The number of likely N-dealkylation sites (tertiary alicyclic amines) is 1. The van der Waals surface area contributed by atoms with Crippen molar-refractivity contribution in [1.29, 1.82) is 0 Å². The number of hydrogen-bond donors (Lipinski definition) is 3. The molecule has 1 rings (SSSR count). The van der Waals surface area contributed by atoms with Crippen LogP contribution < -0.4 is 10.6 Å². The lowest BCUT2D eigenvalue weighted by molar-refractivity contribution is -0.137. The minimum absolute atomic E-state index is 0.122. The van der Waals surface area contributed by atoms with Crippen LogP contribution in [0.15, 0.2) is 0 Å². The Labute approximate surface area is 127 Å². The van der Waals surface area contributed by atoms with Crippen molar-refractivity contribution in [3.63, 3.8) is 0 Å². The standard InChI is InChI=1S/C15H29N3O3/c1-3-18-10-4-5-13(18)11-17-15(21)16-9-8-12(2)6-7-14(19)20/h12-13H,3-11H2,1-2H3,(H,19,20)(H2,16,17,21). The molecule has 3 N–H and O–H groups in total. The van der Waals surface area contributed by atoms with Crippen LogP contribution in [0.25, 0.3) is 0 Å². The van der Waals surface area contributed by atoms with Gasteiger partial charge in [-0.25, -0.2) is 4.79 Å². The minimum Gasteiger partial charge on any atom is -0.481 e. The number of carboxylic acid groups (broad SMARTS) is 1. The normalized spacial score (nSPS) is 20.2. The molecule has 0 spiro atoms. The van der Waals surface area contributed by atoms with Crippen LogP contribution in [-0.2, 0) is 4.79 Å². The molecule has 2 atom stereocenters. The molecular weight excluding hydrogens is 270 g/mol. The van der Waals surface area contributed by atoms with Gasteiger partial charge in [-0.1, -0.05) is 13.8 Å². The third-order valence-electron chi connectivity index (χ3n) is 4.18. The number of nitrogens with one attached hydrogen (secondary N) is 2. The SMILES string of the molecule is CCN1CCCC1CNC(=O)NCCC(C)CCC(=O)O. The molecule has 1 fully saturated rings. The lowest BCUT2D eigenvalue weighted by Gasteiger charge is -2.23. The number of nitrogens with zero attached hydrogens (tertiary/aromatic N) is 1. The summed E-state index contributed by atoms with van der Waals surface area (Å²) in [5.41, 5.74) is 0. The summed E-state index contributed by atoms with van der Waals surface area (Å²) in [7, 11) is 0. The van der Waals surface area contributed by atoms with Crippen LogP contribution >= 0.6 is 0 Å². The predicted octanol–water partition coefficient (Wildman–Crippen LogP) is 1.66. The summed E-state index contributed by atoms with van der Waals surface area (Å²) in [5, 5.41) is 14.4. The van der Waals surface area contributed by atoms with E-state index >= 15 is 0 Å². The number of amides is 2. The molecule has 0 radical (unpaired) electrons. The molecule has 1 aliphatic rings. The Balaban J connectivity index is 2.07. The largest absolute Gasteiger partial charge is 0.481 e. The van der Waals surface area contributed by atoms with Crippen molar-refractivity contribution >= 4 is 12.0 Å². The molecule has 0 aromatic heterocycles.